The highest BCUT2D eigenvalue weighted by molar-refractivity contribution is 6.02. The van der Waals surface area contributed by atoms with Gasteiger partial charge >= 0.3 is 6.03 Å². The number of anilines is 1. The molecule has 2 N–H and O–H groups in total. The van der Waals surface area contributed by atoms with Gasteiger partial charge in [0.15, 0.2) is 0 Å². The van der Waals surface area contributed by atoms with E-state index in [2.05, 4.69) is 10.6 Å². The molecule has 0 unspecified atom stereocenters. The molecular formula is C17H19N3O4. The van der Waals surface area contributed by atoms with E-state index in [1.165, 1.54) is 0 Å². The molecule has 0 bridgehead atoms. The third-order valence-electron chi connectivity index (χ3n) is 3.89. The van der Waals surface area contributed by atoms with Gasteiger partial charge in [-0.25, -0.2) is 4.79 Å². The Morgan fingerprint density at radius 3 is 2.92 bits per heavy atom. The zero-order valence-electron chi connectivity index (χ0n) is 13.3. The Labute approximate surface area is 139 Å². The standard InChI is InChI=1S/C17H19N3O4/c1-23-15-7-3-2-6-14(15)20-9-8-13(16(20)21)19-17(22)18-11-12-5-4-10-24-12/h2-7,10,13H,8-9,11H2,1H3,(H2,18,19,22)/t13-/m1/s1. The highest BCUT2D eigenvalue weighted by Gasteiger charge is 2.34. The molecule has 0 saturated carbocycles. The number of amides is 3. The quantitative estimate of drug-likeness (QED) is 0.877. The van der Waals surface area contributed by atoms with Gasteiger partial charge in [-0.3, -0.25) is 4.79 Å². The van der Waals surface area contributed by atoms with Crippen LogP contribution in [-0.2, 0) is 11.3 Å². The minimum absolute atomic E-state index is 0.146. The van der Waals surface area contributed by atoms with Crippen molar-refractivity contribution >= 4 is 17.6 Å². The van der Waals surface area contributed by atoms with Crippen LogP contribution in [0.1, 0.15) is 12.2 Å². The Hall–Kier alpha value is -2.96. The molecule has 3 rings (SSSR count). The van der Waals surface area contributed by atoms with Crippen LogP contribution in [0.25, 0.3) is 0 Å². The fraction of sp³-hybridized carbons (Fsp3) is 0.294. The molecule has 1 aliphatic rings. The Morgan fingerprint density at radius 1 is 1.33 bits per heavy atom. The molecule has 126 valence electrons. The third-order valence-corrected chi connectivity index (χ3v) is 3.89. The molecule has 7 heteroatoms. The number of furan rings is 1. The molecule has 2 aromatic rings. The third kappa shape index (κ3) is 3.34. The van der Waals surface area contributed by atoms with Gasteiger partial charge in [-0.05, 0) is 30.7 Å². The number of benzene rings is 1. The van der Waals surface area contributed by atoms with Gasteiger partial charge in [0.25, 0.3) is 0 Å². The summed E-state index contributed by atoms with van der Waals surface area (Å²) in [6, 6.07) is 9.90. The van der Waals surface area contributed by atoms with Crippen molar-refractivity contribution in [2.45, 2.75) is 19.0 Å². The summed E-state index contributed by atoms with van der Waals surface area (Å²) in [6.45, 7) is 0.804. The van der Waals surface area contributed by atoms with Crippen molar-refractivity contribution in [3.05, 3.63) is 48.4 Å². The van der Waals surface area contributed by atoms with Crippen molar-refractivity contribution in [2.75, 3.05) is 18.6 Å². The van der Waals surface area contributed by atoms with E-state index in [9.17, 15) is 9.59 Å². The van der Waals surface area contributed by atoms with Crippen LogP contribution in [0, 0.1) is 0 Å². The van der Waals surface area contributed by atoms with E-state index in [-0.39, 0.29) is 12.5 Å². The molecule has 24 heavy (non-hydrogen) atoms. The van der Waals surface area contributed by atoms with Gasteiger partial charge in [-0.15, -0.1) is 0 Å². The van der Waals surface area contributed by atoms with Crippen molar-refractivity contribution in [3.63, 3.8) is 0 Å². The number of hydrogen-bond acceptors (Lipinski definition) is 4. The first-order chi connectivity index (χ1) is 11.7. The molecule has 1 atom stereocenters. The predicted octanol–water partition coefficient (Wildman–Crippen LogP) is 1.89. The van der Waals surface area contributed by atoms with Crippen molar-refractivity contribution < 1.29 is 18.7 Å². The molecule has 1 aromatic heterocycles. The maximum atomic E-state index is 12.6. The summed E-state index contributed by atoms with van der Waals surface area (Å²) in [4.78, 5) is 26.1. The Bertz CT molecular complexity index is 714. The van der Waals surface area contributed by atoms with Crippen LogP contribution in [0.4, 0.5) is 10.5 Å². The largest absolute Gasteiger partial charge is 0.495 e. The monoisotopic (exact) mass is 329 g/mol. The number of urea groups is 1. The molecule has 1 aromatic carbocycles. The van der Waals surface area contributed by atoms with Crippen LogP contribution in [0.2, 0.25) is 0 Å². The van der Waals surface area contributed by atoms with Gasteiger partial charge in [-0.2, -0.15) is 0 Å². The lowest BCUT2D eigenvalue weighted by Gasteiger charge is -2.19. The van der Waals surface area contributed by atoms with Crippen molar-refractivity contribution in [2.24, 2.45) is 0 Å². The Morgan fingerprint density at radius 2 is 2.17 bits per heavy atom. The van der Waals surface area contributed by atoms with E-state index >= 15 is 0 Å². The number of nitrogens with one attached hydrogen (secondary N) is 2. The summed E-state index contributed by atoms with van der Waals surface area (Å²) in [6.07, 6.45) is 2.09. The van der Waals surface area contributed by atoms with Gasteiger partial charge in [0, 0.05) is 6.54 Å². The van der Waals surface area contributed by atoms with Crippen molar-refractivity contribution in [1.82, 2.24) is 10.6 Å². The molecule has 3 amide bonds. The van der Waals surface area contributed by atoms with Crippen LogP contribution in [0.3, 0.4) is 0 Å². The van der Waals surface area contributed by atoms with Gasteiger partial charge in [-0.1, -0.05) is 12.1 Å². The Kier molecular flexibility index (Phi) is 4.69. The number of carbonyl (C=O) groups is 2. The average Bonchev–Trinajstić information content (AvgIpc) is 3.24. The second-order valence-corrected chi connectivity index (χ2v) is 5.41. The molecule has 1 saturated heterocycles. The number of hydrogen-bond donors (Lipinski definition) is 2. The number of carbonyl (C=O) groups excluding carboxylic acids is 2. The van der Waals surface area contributed by atoms with Gasteiger partial charge in [0.1, 0.15) is 17.6 Å². The zero-order valence-corrected chi connectivity index (χ0v) is 13.3. The zero-order chi connectivity index (χ0) is 16.9. The molecule has 7 nitrogen and oxygen atoms in total. The summed E-state index contributed by atoms with van der Waals surface area (Å²) in [7, 11) is 1.57. The van der Waals surface area contributed by atoms with Crippen LogP contribution in [0.15, 0.2) is 47.1 Å². The molecular weight excluding hydrogens is 310 g/mol. The first-order valence-corrected chi connectivity index (χ1v) is 7.70. The summed E-state index contributed by atoms with van der Waals surface area (Å²) in [5.74, 6) is 1.14. The van der Waals surface area contributed by atoms with E-state index in [4.69, 9.17) is 9.15 Å². The lowest BCUT2D eigenvalue weighted by molar-refractivity contribution is -0.118. The van der Waals surface area contributed by atoms with E-state index in [1.54, 1.807) is 36.5 Å². The SMILES string of the molecule is COc1ccccc1N1CC[C@@H](NC(=O)NCc2ccco2)C1=O. The fourth-order valence-corrected chi connectivity index (χ4v) is 2.70. The maximum Gasteiger partial charge on any atom is 0.315 e. The topological polar surface area (TPSA) is 83.8 Å². The van der Waals surface area contributed by atoms with Crippen molar-refractivity contribution in [3.8, 4) is 5.75 Å². The van der Waals surface area contributed by atoms with Gasteiger partial charge < -0.3 is 24.7 Å². The average molecular weight is 329 g/mol. The number of rotatable bonds is 5. The number of ether oxygens (including phenoxy) is 1. The van der Waals surface area contributed by atoms with E-state index < -0.39 is 12.1 Å². The van der Waals surface area contributed by atoms with Gasteiger partial charge in [0.2, 0.25) is 5.91 Å². The van der Waals surface area contributed by atoms with Crippen LogP contribution < -0.4 is 20.3 Å². The number of para-hydroxylation sites is 2. The van der Waals surface area contributed by atoms with E-state index in [1.807, 2.05) is 18.2 Å². The molecule has 0 radical (unpaired) electrons. The normalized spacial score (nSPS) is 17.0. The smallest absolute Gasteiger partial charge is 0.315 e. The second kappa shape index (κ2) is 7.08. The minimum atomic E-state index is -0.550. The summed E-state index contributed by atoms with van der Waals surface area (Å²) in [5.41, 5.74) is 0.713. The van der Waals surface area contributed by atoms with Crippen LogP contribution in [-0.4, -0.2) is 31.6 Å². The molecule has 1 fully saturated rings. The summed E-state index contributed by atoms with van der Waals surface area (Å²) >= 11 is 0. The highest BCUT2D eigenvalue weighted by Crippen LogP contribution is 2.30. The van der Waals surface area contributed by atoms with Gasteiger partial charge in [0.05, 0.1) is 25.6 Å². The lowest BCUT2D eigenvalue weighted by Crippen LogP contribution is -2.45. The number of nitrogens with zero attached hydrogens (tertiary/aromatic N) is 1. The second-order valence-electron chi connectivity index (χ2n) is 5.41. The fourth-order valence-electron chi connectivity index (χ4n) is 2.70. The molecule has 0 spiro atoms. The number of methoxy groups -OCH3 is 1. The van der Waals surface area contributed by atoms with Crippen LogP contribution in [0.5, 0.6) is 5.75 Å². The van der Waals surface area contributed by atoms with E-state index in [0.29, 0.717) is 30.2 Å². The molecule has 0 aliphatic carbocycles. The first kappa shape index (κ1) is 15.9. The van der Waals surface area contributed by atoms with Crippen LogP contribution >= 0.6 is 0 Å². The summed E-state index contributed by atoms with van der Waals surface area (Å²) < 4.78 is 10.4. The predicted molar refractivity (Wildman–Crippen MR) is 87.8 cm³/mol. The maximum absolute atomic E-state index is 12.6. The first-order valence-electron chi connectivity index (χ1n) is 7.70. The highest BCUT2D eigenvalue weighted by atomic mass is 16.5. The lowest BCUT2D eigenvalue weighted by atomic mass is 10.2. The van der Waals surface area contributed by atoms with E-state index in [0.717, 1.165) is 0 Å². The minimum Gasteiger partial charge on any atom is -0.495 e. The Balaban J connectivity index is 1.58. The summed E-state index contributed by atoms with van der Waals surface area (Å²) in [5, 5.41) is 5.37. The molecule has 1 aliphatic heterocycles. The molecule has 2 heterocycles. The van der Waals surface area contributed by atoms with Crippen molar-refractivity contribution in [1.29, 1.82) is 0 Å².